The molecule has 10 rings (SSSR count). The fraction of sp³-hybridized carbons (Fsp3) is 0.523. The summed E-state index contributed by atoms with van der Waals surface area (Å²) < 4.78 is 45.3. The average Bonchev–Trinajstić information content (AvgIpc) is 4.13. The highest BCUT2D eigenvalue weighted by atomic mass is 19.3. The van der Waals surface area contributed by atoms with Crippen LogP contribution < -0.4 is 15.5 Å². The van der Waals surface area contributed by atoms with E-state index in [1.54, 1.807) is 21.8 Å². The van der Waals surface area contributed by atoms with Crippen LogP contribution in [0, 0.1) is 24.7 Å². The van der Waals surface area contributed by atoms with Crippen molar-refractivity contribution in [3.63, 3.8) is 0 Å². The molecule has 1 saturated carbocycles. The second-order valence-electron chi connectivity index (χ2n) is 17.3. The molecule has 16 nitrogen and oxygen atoms in total. The molecule has 0 radical (unpaired) electrons. The van der Waals surface area contributed by atoms with Gasteiger partial charge in [-0.25, -0.2) is 18.3 Å². The maximum Gasteiger partial charge on any atom is 0.284 e. The second-order valence-corrected chi connectivity index (χ2v) is 17.3. The Labute approximate surface area is 356 Å². The molecule has 1 aromatic carbocycles. The van der Waals surface area contributed by atoms with Crippen molar-refractivity contribution < 1.29 is 32.6 Å². The third kappa shape index (κ3) is 7.93. The molecular formula is C44H49F2N11O5. The van der Waals surface area contributed by atoms with Crippen LogP contribution in [0.3, 0.4) is 0 Å². The molecule has 1 aliphatic carbocycles. The van der Waals surface area contributed by atoms with E-state index < -0.39 is 24.1 Å². The summed E-state index contributed by atoms with van der Waals surface area (Å²) in [5, 5.41) is 19.2. The molecule has 5 aliphatic rings. The third-order valence-electron chi connectivity index (χ3n) is 13.3. The fourth-order valence-electron chi connectivity index (χ4n) is 10.0. The zero-order chi connectivity index (χ0) is 42.5. The number of amides is 3. The van der Waals surface area contributed by atoms with Gasteiger partial charge in [-0.1, -0.05) is 17.9 Å². The highest BCUT2D eigenvalue weighted by Crippen LogP contribution is 2.37. The number of nitrogens with zero attached hydrogens (tertiary/aromatic N) is 9. The number of nitrogens with one attached hydrogen (secondary N) is 2. The number of carbonyl (C=O) groups excluding carboxylic acids is 3. The first-order valence-corrected chi connectivity index (χ1v) is 21.7. The molecule has 2 unspecified atom stereocenters. The van der Waals surface area contributed by atoms with Crippen molar-refractivity contribution in [2.45, 2.75) is 101 Å². The summed E-state index contributed by atoms with van der Waals surface area (Å²) in [6.45, 7) is 6.46. The number of piperidine rings is 2. The number of hydrogen-bond acceptors (Lipinski definition) is 11. The van der Waals surface area contributed by atoms with Gasteiger partial charge in [-0.2, -0.15) is 15.3 Å². The molecule has 0 spiro atoms. The first-order chi connectivity index (χ1) is 30.1. The highest BCUT2D eigenvalue weighted by Gasteiger charge is 2.40. The largest absolute Gasteiger partial charge is 0.374 e. The van der Waals surface area contributed by atoms with Crippen molar-refractivity contribution in [3.05, 3.63) is 65.4 Å². The molecule has 5 aromatic rings. The highest BCUT2D eigenvalue weighted by molar-refractivity contribution is 6.08. The van der Waals surface area contributed by atoms with E-state index in [9.17, 15) is 23.2 Å². The van der Waals surface area contributed by atoms with Crippen molar-refractivity contribution in [2.75, 3.05) is 49.6 Å². The molecule has 5 fully saturated rings. The molecule has 3 atom stereocenters. The van der Waals surface area contributed by atoms with Crippen LogP contribution in [0.1, 0.15) is 104 Å². The van der Waals surface area contributed by atoms with E-state index >= 15 is 0 Å². The summed E-state index contributed by atoms with van der Waals surface area (Å²) in [5.74, 6) is 6.53. The summed E-state index contributed by atoms with van der Waals surface area (Å²) in [7, 11) is 0. The minimum Gasteiger partial charge on any atom is -0.374 e. The van der Waals surface area contributed by atoms with Gasteiger partial charge in [0.1, 0.15) is 24.0 Å². The summed E-state index contributed by atoms with van der Waals surface area (Å²) in [6, 6.07) is 7.33. The smallest absolute Gasteiger partial charge is 0.284 e. The number of anilines is 2. The molecular weight excluding hydrogens is 801 g/mol. The van der Waals surface area contributed by atoms with Crippen LogP contribution >= 0.6 is 0 Å². The number of halogens is 2. The second kappa shape index (κ2) is 16.8. The lowest BCUT2D eigenvalue weighted by molar-refractivity contribution is -0.135. The van der Waals surface area contributed by atoms with Crippen LogP contribution in [0.15, 0.2) is 42.9 Å². The predicted octanol–water partition coefficient (Wildman–Crippen LogP) is 4.99. The van der Waals surface area contributed by atoms with Gasteiger partial charge < -0.3 is 24.6 Å². The number of aryl methyl sites for hydroxylation is 1. The van der Waals surface area contributed by atoms with Gasteiger partial charge >= 0.3 is 0 Å². The number of ether oxygens (including phenoxy) is 2. The predicted molar refractivity (Wildman–Crippen MR) is 223 cm³/mol. The molecule has 2 N–H and O–H groups in total. The van der Waals surface area contributed by atoms with E-state index in [4.69, 9.17) is 14.5 Å². The Balaban J connectivity index is 0.695. The van der Waals surface area contributed by atoms with Gasteiger partial charge in [-0.3, -0.25) is 29.1 Å². The quantitative estimate of drug-likeness (QED) is 0.144. The molecule has 324 valence electrons. The van der Waals surface area contributed by atoms with Crippen LogP contribution in [0.2, 0.25) is 0 Å². The normalized spacial score (nSPS) is 24.6. The lowest BCUT2D eigenvalue weighted by Crippen LogP contribution is -2.42. The van der Waals surface area contributed by atoms with Gasteiger partial charge in [0.2, 0.25) is 5.91 Å². The van der Waals surface area contributed by atoms with Gasteiger partial charge in [-0.15, -0.1) is 0 Å². The first kappa shape index (κ1) is 40.3. The van der Waals surface area contributed by atoms with Gasteiger partial charge in [0.25, 0.3) is 18.2 Å². The SMILES string of the molecule is Cc1nn(C2CCC(=O)NC2=O)c2cccc(C#CCOC3CCN(CC4CCC(n5cc(NC(=O)c6cnn7ccc(N8CC9C[C@@H]8CO9)nc67)c(C(F)F)n5)CC4)CC3)c12. The van der Waals surface area contributed by atoms with Crippen molar-refractivity contribution in [1.82, 2.24) is 44.4 Å². The van der Waals surface area contributed by atoms with Crippen molar-refractivity contribution >= 4 is 45.8 Å². The topological polar surface area (TPSA) is 166 Å². The van der Waals surface area contributed by atoms with E-state index in [0.717, 1.165) is 99.1 Å². The number of alkyl halides is 2. The monoisotopic (exact) mass is 849 g/mol. The third-order valence-corrected chi connectivity index (χ3v) is 13.3. The summed E-state index contributed by atoms with van der Waals surface area (Å²) >= 11 is 0. The number of benzene rings is 1. The number of aromatic nitrogens is 7. The molecule has 4 aromatic heterocycles. The number of likely N-dealkylation sites (tertiary alicyclic amines) is 1. The molecule has 62 heavy (non-hydrogen) atoms. The van der Waals surface area contributed by atoms with E-state index in [0.29, 0.717) is 31.2 Å². The number of hydrogen-bond donors (Lipinski definition) is 2. The molecule has 3 amide bonds. The number of rotatable bonds is 10. The molecule has 8 heterocycles. The summed E-state index contributed by atoms with van der Waals surface area (Å²) in [5.41, 5.74) is 2.53. The lowest BCUT2D eigenvalue weighted by atomic mass is 9.85. The molecule has 18 heteroatoms. The zero-order valence-corrected chi connectivity index (χ0v) is 34.5. The number of morpholine rings is 1. The van der Waals surface area contributed by atoms with Gasteiger partial charge in [0.05, 0.1) is 54.0 Å². The number of imide groups is 1. The van der Waals surface area contributed by atoms with Crippen molar-refractivity contribution in [1.29, 1.82) is 0 Å². The minimum atomic E-state index is -2.85. The Morgan fingerprint density at radius 2 is 1.90 bits per heavy atom. The fourth-order valence-corrected chi connectivity index (χ4v) is 10.0. The van der Waals surface area contributed by atoms with Crippen LogP contribution in [-0.2, 0) is 19.1 Å². The van der Waals surface area contributed by atoms with Gasteiger partial charge in [0, 0.05) is 55.9 Å². The maximum atomic E-state index is 14.3. The summed E-state index contributed by atoms with van der Waals surface area (Å²) in [6.07, 6.45) is 9.21. The van der Waals surface area contributed by atoms with E-state index in [1.165, 1.54) is 10.7 Å². The van der Waals surface area contributed by atoms with Crippen molar-refractivity contribution in [2.24, 2.45) is 5.92 Å². The van der Waals surface area contributed by atoms with E-state index in [2.05, 4.69) is 47.6 Å². The van der Waals surface area contributed by atoms with Crippen LogP contribution in [0.4, 0.5) is 20.3 Å². The van der Waals surface area contributed by atoms with Crippen LogP contribution in [0.25, 0.3) is 16.6 Å². The first-order valence-electron chi connectivity index (χ1n) is 21.7. The molecule has 4 aliphatic heterocycles. The Kier molecular flexibility index (Phi) is 10.9. The van der Waals surface area contributed by atoms with Crippen LogP contribution in [0.5, 0.6) is 0 Å². The number of carbonyl (C=O) groups is 3. The Bertz CT molecular complexity index is 2580. The minimum absolute atomic E-state index is 0.000743. The maximum absolute atomic E-state index is 14.3. The lowest BCUT2D eigenvalue weighted by Gasteiger charge is -2.36. The Hall–Kier alpha value is -5.77. The van der Waals surface area contributed by atoms with E-state index in [1.807, 2.05) is 31.2 Å². The van der Waals surface area contributed by atoms with Crippen molar-refractivity contribution in [3.8, 4) is 11.8 Å². The molecule has 2 bridgehead atoms. The number of fused-ring (bicyclic) bond motifs is 4. The Morgan fingerprint density at radius 3 is 2.66 bits per heavy atom. The summed E-state index contributed by atoms with van der Waals surface area (Å²) in [4.78, 5) is 47.2. The average molecular weight is 850 g/mol. The zero-order valence-electron chi connectivity index (χ0n) is 34.5. The Morgan fingerprint density at radius 1 is 1.06 bits per heavy atom. The van der Waals surface area contributed by atoms with Gasteiger partial charge in [-0.05, 0) is 82.4 Å². The van der Waals surface area contributed by atoms with Crippen LogP contribution in [-0.4, -0.2) is 114 Å². The standard InChI is InChI=1S/C44H49F2N11O5/c1-26-39-28(4-2-6-35(39)57(51-26)36-11-12-38(58)50-44(36)60)5-3-19-61-31-13-16-53(17-14-31)22-27-7-9-29(10-8-27)56-24-34(40(52-56)41(45)46)48-43(59)33-21-47-55-18-15-37(49-42(33)55)54-23-32-20-30(54)25-62-32/h2,4,6,15,18,21,24,27,29-32,36,41H,7-14,16-17,19-20,22-23,25H2,1H3,(H,48,59)(H,50,58,60)/t27?,29?,30-,32?,36?/m1/s1. The molecule has 4 saturated heterocycles. The van der Waals surface area contributed by atoms with Gasteiger partial charge in [0.15, 0.2) is 11.3 Å². The van der Waals surface area contributed by atoms with E-state index in [-0.39, 0.29) is 53.8 Å².